The number of hydrogen-bond donors (Lipinski definition) is 0. The summed E-state index contributed by atoms with van der Waals surface area (Å²) in [4.78, 5) is 0. The van der Waals surface area contributed by atoms with E-state index in [0.717, 1.165) is 56.8 Å². The van der Waals surface area contributed by atoms with Crippen LogP contribution < -0.4 is 4.74 Å². The molecule has 3 aromatic carbocycles. The van der Waals surface area contributed by atoms with Gasteiger partial charge in [0.15, 0.2) is 23.2 Å². The van der Waals surface area contributed by atoms with Crippen molar-refractivity contribution in [3.05, 3.63) is 89.5 Å². The first kappa shape index (κ1) is 31.3. The molecule has 5 rings (SSSR count). The number of ether oxygens (including phenoxy) is 1. The molecule has 0 unspecified atom stereocenters. The lowest BCUT2D eigenvalue weighted by Crippen LogP contribution is -2.25. The third kappa shape index (κ3) is 7.19. The van der Waals surface area contributed by atoms with Crippen molar-refractivity contribution in [1.82, 2.24) is 0 Å². The predicted molar refractivity (Wildman–Crippen MR) is 167 cm³/mol. The summed E-state index contributed by atoms with van der Waals surface area (Å²) >= 11 is 0. The van der Waals surface area contributed by atoms with E-state index >= 15 is 8.78 Å². The van der Waals surface area contributed by atoms with Gasteiger partial charge in [-0.2, -0.15) is 4.39 Å². The Balaban J connectivity index is 1.23. The molecule has 0 amide bonds. The number of benzene rings is 3. The first-order valence-corrected chi connectivity index (χ1v) is 16.2. The topological polar surface area (TPSA) is 9.23 Å². The molecule has 43 heavy (non-hydrogen) atoms. The highest BCUT2D eigenvalue weighted by Crippen LogP contribution is 2.45. The number of unbranched alkanes of at least 4 members (excludes halogenated alkanes) is 2. The van der Waals surface area contributed by atoms with E-state index in [9.17, 15) is 8.78 Å². The van der Waals surface area contributed by atoms with E-state index in [0.29, 0.717) is 29.2 Å². The highest BCUT2D eigenvalue weighted by molar-refractivity contribution is 5.72. The van der Waals surface area contributed by atoms with Gasteiger partial charge in [0, 0.05) is 11.1 Å². The molecular formula is C38H44F4O. The highest BCUT2D eigenvalue weighted by atomic mass is 19.2. The van der Waals surface area contributed by atoms with E-state index in [1.54, 1.807) is 36.4 Å². The fourth-order valence-corrected chi connectivity index (χ4v) is 7.31. The molecule has 1 nitrogen and oxygen atoms in total. The van der Waals surface area contributed by atoms with E-state index in [4.69, 9.17) is 4.74 Å². The fourth-order valence-electron chi connectivity index (χ4n) is 7.31. The Kier molecular flexibility index (Phi) is 10.6. The van der Waals surface area contributed by atoms with Crippen LogP contribution in [0.4, 0.5) is 17.6 Å². The van der Waals surface area contributed by atoms with Crippen LogP contribution >= 0.6 is 0 Å². The first-order valence-electron chi connectivity index (χ1n) is 16.2. The summed E-state index contributed by atoms with van der Waals surface area (Å²) in [5.74, 6) is -1.50. The molecule has 2 saturated carbocycles. The second-order valence-corrected chi connectivity index (χ2v) is 12.5. The molecule has 2 fully saturated rings. The van der Waals surface area contributed by atoms with Crippen LogP contribution in [0.5, 0.6) is 5.75 Å². The van der Waals surface area contributed by atoms with Crippen LogP contribution in [-0.2, 0) is 0 Å². The Morgan fingerprint density at radius 1 is 0.651 bits per heavy atom. The number of halogens is 4. The van der Waals surface area contributed by atoms with Crippen molar-refractivity contribution in [2.24, 2.45) is 17.8 Å². The molecule has 0 atom stereocenters. The lowest BCUT2D eigenvalue weighted by Gasteiger charge is -2.37. The van der Waals surface area contributed by atoms with Crippen LogP contribution in [0.3, 0.4) is 0 Å². The van der Waals surface area contributed by atoms with Gasteiger partial charge in [0.1, 0.15) is 0 Å². The van der Waals surface area contributed by atoms with Crippen molar-refractivity contribution >= 4 is 0 Å². The van der Waals surface area contributed by atoms with Crippen molar-refractivity contribution in [3.63, 3.8) is 0 Å². The largest absolute Gasteiger partial charge is 0.490 e. The minimum atomic E-state index is -1.02. The molecule has 2 aliphatic carbocycles. The molecule has 0 bridgehead atoms. The van der Waals surface area contributed by atoms with Crippen molar-refractivity contribution in [2.45, 2.75) is 90.4 Å². The quantitative estimate of drug-likeness (QED) is 0.129. The molecule has 5 heteroatoms. The van der Waals surface area contributed by atoms with E-state index in [-0.39, 0.29) is 22.8 Å². The second-order valence-electron chi connectivity index (χ2n) is 12.5. The van der Waals surface area contributed by atoms with E-state index in [2.05, 4.69) is 26.0 Å². The maximum atomic E-state index is 15.4. The molecule has 0 aliphatic heterocycles. The normalized spacial score (nSPS) is 22.7. The van der Waals surface area contributed by atoms with Gasteiger partial charge < -0.3 is 4.74 Å². The average Bonchev–Trinajstić information content (AvgIpc) is 3.03. The Hall–Kier alpha value is -3.08. The first-order chi connectivity index (χ1) is 20.9. The van der Waals surface area contributed by atoms with Gasteiger partial charge in [-0.15, -0.1) is 0 Å². The lowest BCUT2D eigenvalue weighted by molar-refractivity contribution is 0.170. The standard InChI is InChI=1S/C38H44F4O/c1-3-5-6-24-43-34-23-22-33(37(41)38(34)42)30-18-16-29(17-19-30)32-21-20-31(35(39)36(32)40)28-14-12-27(13-15-28)26-10-8-25(7-4-2)9-11-26/h4,7,16-23,25-28H,3,5-6,8-15,24H2,1-2H3. The van der Waals surface area contributed by atoms with Crippen molar-refractivity contribution < 1.29 is 22.3 Å². The van der Waals surface area contributed by atoms with Gasteiger partial charge in [0.25, 0.3) is 0 Å². The zero-order valence-electron chi connectivity index (χ0n) is 25.5. The minimum Gasteiger partial charge on any atom is -0.490 e. The third-order valence-corrected chi connectivity index (χ3v) is 9.83. The molecule has 0 radical (unpaired) electrons. The Morgan fingerprint density at radius 3 is 1.79 bits per heavy atom. The minimum absolute atomic E-state index is 0.0398. The molecule has 230 valence electrons. The summed E-state index contributed by atoms with van der Waals surface area (Å²) in [7, 11) is 0. The molecule has 0 spiro atoms. The smallest absolute Gasteiger partial charge is 0.201 e. The summed E-state index contributed by atoms with van der Waals surface area (Å²) in [6, 6.07) is 12.8. The Labute approximate surface area is 254 Å². The lowest BCUT2D eigenvalue weighted by atomic mass is 9.68. The summed E-state index contributed by atoms with van der Waals surface area (Å²) in [6.45, 7) is 4.48. The molecule has 0 saturated heterocycles. The summed E-state index contributed by atoms with van der Waals surface area (Å²) < 4.78 is 65.8. The molecule has 3 aromatic rings. The van der Waals surface area contributed by atoms with Crippen LogP contribution in [0.1, 0.15) is 96.0 Å². The van der Waals surface area contributed by atoms with E-state index < -0.39 is 23.3 Å². The van der Waals surface area contributed by atoms with Gasteiger partial charge in [0.2, 0.25) is 5.82 Å². The van der Waals surface area contributed by atoms with Gasteiger partial charge in [-0.05, 0) is 117 Å². The number of rotatable bonds is 10. The van der Waals surface area contributed by atoms with Crippen LogP contribution in [-0.4, -0.2) is 6.61 Å². The van der Waals surface area contributed by atoms with Crippen molar-refractivity contribution in [1.29, 1.82) is 0 Å². The van der Waals surface area contributed by atoms with E-state index in [1.807, 2.05) is 0 Å². The maximum Gasteiger partial charge on any atom is 0.201 e. The van der Waals surface area contributed by atoms with Gasteiger partial charge in [-0.25, -0.2) is 13.2 Å². The van der Waals surface area contributed by atoms with E-state index in [1.165, 1.54) is 37.8 Å². The monoisotopic (exact) mass is 592 g/mol. The fraction of sp³-hybridized carbons (Fsp3) is 0.474. The molecule has 2 aliphatic rings. The highest BCUT2D eigenvalue weighted by Gasteiger charge is 2.32. The number of hydrogen-bond acceptors (Lipinski definition) is 1. The van der Waals surface area contributed by atoms with Gasteiger partial charge in [-0.3, -0.25) is 0 Å². The van der Waals surface area contributed by atoms with Crippen LogP contribution in [0.2, 0.25) is 0 Å². The van der Waals surface area contributed by atoms with Crippen molar-refractivity contribution in [2.75, 3.05) is 6.61 Å². The Morgan fingerprint density at radius 2 is 1.21 bits per heavy atom. The van der Waals surface area contributed by atoms with Gasteiger partial charge >= 0.3 is 0 Å². The third-order valence-electron chi connectivity index (χ3n) is 9.83. The second kappa shape index (κ2) is 14.6. The maximum absolute atomic E-state index is 15.4. The van der Waals surface area contributed by atoms with Crippen molar-refractivity contribution in [3.8, 4) is 28.0 Å². The zero-order valence-corrected chi connectivity index (χ0v) is 25.5. The molecule has 0 N–H and O–H groups in total. The van der Waals surface area contributed by atoms with Gasteiger partial charge in [-0.1, -0.05) is 68.3 Å². The predicted octanol–water partition coefficient (Wildman–Crippen LogP) is 11.8. The Bertz CT molecular complexity index is 1380. The zero-order chi connectivity index (χ0) is 30.3. The van der Waals surface area contributed by atoms with Crippen LogP contribution in [0, 0.1) is 41.0 Å². The average molecular weight is 593 g/mol. The molecule has 0 heterocycles. The van der Waals surface area contributed by atoms with Crippen LogP contribution in [0.15, 0.2) is 60.7 Å². The SMILES string of the molecule is CC=CC1CCC(C2CCC(c3ccc(-c4ccc(-c5ccc(OCCCCC)c(F)c5F)cc4)c(F)c3F)CC2)CC1. The summed E-state index contributed by atoms with van der Waals surface area (Å²) in [5, 5.41) is 0. The summed E-state index contributed by atoms with van der Waals surface area (Å²) in [5.41, 5.74) is 1.67. The molecule has 0 aromatic heterocycles. The number of allylic oxidation sites excluding steroid dienone is 2. The van der Waals surface area contributed by atoms with Gasteiger partial charge in [0.05, 0.1) is 6.61 Å². The summed E-state index contributed by atoms with van der Waals surface area (Å²) in [6.07, 6.45) is 16.3. The van der Waals surface area contributed by atoms with Crippen LogP contribution in [0.25, 0.3) is 22.3 Å². The molecular weight excluding hydrogens is 548 g/mol.